The van der Waals surface area contributed by atoms with Crippen LogP contribution in [0.1, 0.15) is 43.6 Å². The van der Waals surface area contributed by atoms with Gasteiger partial charge in [-0.3, -0.25) is 4.79 Å². The lowest BCUT2D eigenvalue weighted by Crippen LogP contribution is -2.41. The van der Waals surface area contributed by atoms with Crippen molar-refractivity contribution in [1.82, 2.24) is 10.2 Å². The highest BCUT2D eigenvalue weighted by Crippen LogP contribution is 2.26. The highest BCUT2D eigenvalue weighted by molar-refractivity contribution is 5.94. The highest BCUT2D eigenvalue weighted by Gasteiger charge is 2.32. The molecule has 0 aromatic heterocycles. The molecule has 0 saturated heterocycles. The molecule has 0 aliphatic rings. The maximum absolute atomic E-state index is 12.3. The summed E-state index contributed by atoms with van der Waals surface area (Å²) in [6, 6.07) is 7.25. The molecule has 142 valence electrons. The number of rotatable bonds is 12. The number of carbonyl (C=O) groups is 1. The van der Waals surface area contributed by atoms with Gasteiger partial charge in [0.2, 0.25) is 5.79 Å². The fourth-order valence-electron chi connectivity index (χ4n) is 2.76. The highest BCUT2D eigenvalue weighted by atomic mass is 16.7. The third-order valence-corrected chi connectivity index (χ3v) is 4.22. The van der Waals surface area contributed by atoms with Gasteiger partial charge in [0.1, 0.15) is 0 Å². The van der Waals surface area contributed by atoms with Gasteiger partial charge in [0.15, 0.2) is 0 Å². The zero-order valence-corrected chi connectivity index (χ0v) is 16.0. The maximum Gasteiger partial charge on any atom is 0.251 e. The Kier molecular flexibility index (Phi) is 9.67. The second kappa shape index (κ2) is 11.2. The van der Waals surface area contributed by atoms with Crippen LogP contribution in [-0.2, 0) is 15.3 Å². The molecule has 1 aromatic carbocycles. The molecule has 1 aromatic rings. The summed E-state index contributed by atoms with van der Waals surface area (Å²) in [5, 5.41) is 2.95. The van der Waals surface area contributed by atoms with Gasteiger partial charge in [-0.2, -0.15) is 0 Å². The number of carbonyl (C=O) groups excluding carboxylic acids is 1. The molecule has 6 nitrogen and oxygen atoms in total. The van der Waals surface area contributed by atoms with Gasteiger partial charge in [-0.15, -0.1) is 0 Å². The molecule has 0 saturated carbocycles. The topological polar surface area (TPSA) is 76.8 Å². The molecule has 1 rings (SSSR count). The number of benzene rings is 1. The molecule has 0 atom stereocenters. The first-order valence-corrected chi connectivity index (χ1v) is 9.15. The molecule has 0 unspecified atom stereocenters. The van der Waals surface area contributed by atoms with E-state index < -0.39 is 5.79 Å². The van der Waals surface area contributed by atoms with Gasteiger partial charge in [-0.1, -0.05) is 26.0 Å². The standard InChI is InChI=1S/C19H33N3O3/c1-5-22(6-2)14-13-21-18(23)16-9-11-17(12-10-16)19(15-20,24-7-3)25-8-4/h9-12H,5-8,13-15,20H2,1-4H3,(H,21,23). The van der Waals surface area contributed by atoms with Gasteiger partial charge in [-0.05, 0) is 39.1 Å². The predicted octanol–water partition coefficient (Wildman–Crippen LogP) is 1.94. The second-order valence-electron chi connectivity index (χ2n) is 5.68. The van der Waals surface area contributed by atoms with Crippen molar-refractivity contribution in [3.05, 3.63) is 35.4 Å². The normalized spacial score (nSPS) is 11.8. The molecule has 0 heterocycles. The van der Waals surface area contributed by atoms with E-state index in [0.29, 0.717) is 25.3 Å². The fourth-order valence-corrected chi connectivity index (χ4v) is 2.76. The molecule has 0 aliphatic heterocycles. The van der Waals surface area contributed by atoms with Crippen molar-refractivity contribution >= 4 is 5.91 Å². The minimum Gasteiger partial charge on any atom is -0.351 e. The van der Waals surface area contributed by atoms with Crippen LogP contribution in [0.15, 0.2) is 24.3 Å². The SMILES string of the molecule is CCOC(CN)(OCC)c1ccc(C(=O)NCCN(CC)CC)cc1. The smallest absolute Gasteiger partial charge is 0.251 e. The molecule has 0 aliphatic carbocycles. The number of hydrogen-bond acceptors (Lipinski definition) is 5. The Morgan fingerprint density at radius 3 is 2.08 bits per heavy atom. The summed E-state index contributed by atoms with van der Waals surface area (Å²) in [6.07, 6.45) is 0. The lowest BCUT2D eigenvalue weighted by atomic mass is 10.0. The Hall–Kier alpha value is -1.47. The van der Waals surface area contributed by atoms with Gasteiger partial charge in [0.25, 0.3) is 5.91 Å². The lowest BCUT2D eigenvalue weighted by molar-refractivity contribution is -0.235. The summed E-state index contributed by atoms with van der Waals surface area (Å²) < 4.78 is 11.5. The van der Waals surface area contributed by atoms with Crippen molar-refractivity contribution < 1.29 is 14.3 Å². The molecular weight excluding hydrogens is 318 g/mol. The molecule has 6 heteroatoms. The van der Waals surface area contributed by atoms with Crippen LogP contribution in [0, 0.1) is 0 Å². The monoisotopic (exact) mass is 351 g/mol. The largest absolute Gasteiger partial charge is 0.351 e. The van der Waals surface area contributed by atoms with E-state index in [0.717, 1.165) is 25.2 Å². The Bertz CT molecular complexity index is 495. The Labute approximate surface area is 151 Å². The van der Waals surface area contributed by atoms with Gasteiger partial charge in [-0.25, -0.2) is 0 Å². The molecule has 0 spiro atoms. The molecule has 0 bridgehead atoms. The third-order valence-electron chi connectivity index (χ3n) is 4.22. The number of nitrogens with one attached hydrogen (secondary N) is 1. The van der Waals surface area contributed by atoms with Crippen LogP contribution >= 0.6 is 0 Å². The minimum atomic E-state index is -0.957. The summed E-state index contributed by atoms with van der Waals surface area (Å²) in [5.41, 5.74) is 7.33. The lowest BCUT2D eigenvalue weighted by Gasteiger charge is -2.32. The summed E-state index contributed by atoms with van der Waals surface area (Å²) >= 11 is 0. The number of ether oxygens (including phenoxy) is 2. The van der Waals surface area contributed by atoms with Crippen molar-refractivity contribution in [2.24, 2.45) is 5.73 Å². The van der Waals surface area contributed by atoms with E-state index in [4.69, 9.17) is 15.2 Å². The average molecular weight is 351 g/mol. The van der Waals surface area contributed by atoms with E-state index in [1.165, 1.54) is 0 Å². The fraction of sp³-hybridized carbons (Fsp3) is 0.632. The first-order valence-electron chi connectivity index (χ1n) is 9.15. The van der Waals surface area contributed by atoms with Crippen molar-refractivity contribution in [3.63, 3.8) is 0 Å². The zero-order chi connectivity index (χ0) is 18.7. The van der Waals surface area contributed by atoms with Crippen molar-refractivity contribution in [3.8, 4) is 0 Å². The number of likely N-dealkylation sites (N-methyl/N-ethyl adjacent to an activating group) is 1. The zero-order valence-electron chi connectivity index (χ0n) is 16.0. The van der Waals surface area contributed by atoms with Crippen LogP contribution in [0.4, 0.5) is 0 Å². The van der Waals surface area contributed by atoms with Crippen LogP contribution in [0.2, 0.25) is 0 Å². The quantitative estimate of drug-likeness (QED) is 0.563. The van der Waals surface area contributed by atoms with Crippen LogP contribution < -0.4 is 11.1 Å². The number of nitrogens with zero attached hydrogens (tertiary/aromatic N) is 1. The van der Waals surface area contributed by atoms with Gasteiger partial charge in [0.05, 0.1) is 6.54 Å². The first kappa shape index (κ1) is 21.6. The van der Waals surface area contributed by atoms with Crippen LogP contribution in [0.5, 0.6) is 0 Å². The molecule has 25 heavy (non-hydrogen) atoms. The maximum atomic E-state index is 12.3. The summed E-state index contributed by atoms with van der Waals surface area (Å²) in [4.78, 5) is 14.5. The number of nitrogens with two attached hydrogens (primary N) is 1. The van der Waals surface area contributed by atoms with E-state index in [-0.39, 0.29) is 12.5 Å². The Balaban J connectivity index is 2.75. The average Bonchev–Trinajstić information content (AvgIpc) is 2.65. The van der Waals surface area contributed by atoms with Gasteiger partial charge >= 0.3 is 0 Å². The molecular formula is C19H33N3O3. The van der Waals surface area contributed by atoms with Crippen molar-refractivity contribution in [2.75, 3.05) is 45.9 Å². The molecule has 1 amide bonds. The van der Waals surface area contributed by atoms with Crippen molar-refractivity contribution in [2.45, 2.75) is 33.5 Å². The minimum absolute atomic E-state index is 0.0788. The van der Waals surface area contributed by atoms with Crippen molar-refractivity contribution in [1.29, 1.82) is 0 Å². The predicted molar refractivity (Wildman–Crippen MR) is 101 cm³/mol. The van der Waals surface area contributed by atoms with E-state index in [1.54, 1.807) is 12.1 Å². The van der Waals surface area contributed by atoms with Crippen LogP contribution in [-0.4, -0.2) is 56.7 Å². The van der Waals surface area contributed by atoms with E-state index >= 15 is 0 Å². The summed E-state index contributed by atoms with van der Waals surface area (Å²) in [6.45, 7) is 12.7. The molecule has 0 fully saturated rings. The first-order chi connectivity index (χ1) is 12.1. The van der Waals surface area contributed by atoms with Crippen LogP contribution in [0.3, 0.4) is 0 Å². The van der Waals surface area contributed by atoms with Crippen LogP contribution in [0.25, 0.3) is 0 Å². The van der Waals surface area contributed by atoms with E-state index in [9.17, 15) is 4.79 Å². The van der Waals surface area contributed by atoms with E-state index in [2.05, 4.69) is 24.1 Å². The Morgan fingerprint density at radius 1 is 1.08 bits per heavy atom. The molecule has 0 radical (unpaired) electrons. The number of hydrogen-bond donors (Lipinski definition) is 2. The van der Waals surface area contributed by atoms with E-state index in [1.807, 2.05) is 26.0 Å². The number of amides is 1. The summed E-state index contributed by atoms with van der Waals surface area (Å²) in [7, 11) is 0. The third kappa shape index (κ3) is 6.08. The van der Waals surface area contributed by atoms with Gasteiger partial charge < -0.3 is 25.4 Å². The second-order valence-corrected chi connectivity index (χ2v) is 5.68. The molecule has 3 N–H and O–H groups in total. The van der Waals surface area contributed by atoms with Gasteiger partial charge in [0, 0.05) is 37.4 Å². The summed E-state index contributed by atoms with van der Waals surface area (Å²) in [5.74, 6) is -1.04. The Morgan fingerprint density at radius 2 is 1.64 bits per heavy atom.